The molecule has 1 atom stereocenters. The van der Waals surface area contributed by atoms with Crippen molar-refractivity contribution in [3.8, 4) is 5.75 Å². The average Bonchev–Trinajstić information content (AvgIpc) is 3.49. The molecule has 3 fully saturated rings. The number of carbonyl (C=O) groups excluding carboxylic acids is 4. The van der Waals surface area contributed by atoms with Crippen molar-refractivity contribution in [1.29, 1.82) is 0 Å². The molecule has 0 aliphatic carbocycles. The van der Waals surface area contributed by atoms with E-state index < -0.39 is 42.6 Å². The van der Waals surface area contributed by atoms with Crippen molar-refractivity contribution in [2.75, 3.05) is 75.2 Å². The number of likely N-dealkylation sites (tertiary alicyclic amines) is 1. The Labute approximate surface area is 352 Å². The smallest absolute Gasteiger partial charge is 0.265 e. The highest BCUT2D eigenvalue weighted by molar-refractivity contribution is 7.70. The van der Waals surface area contributed by atoms with Crippen LogP contribution >= 0.6 is 18.7 Å². The quantitative estimate of drug-likeness (QED) is 0.133. The SMILES string of the molecule is COc1cc(N2CCN(C3CCN(Cc4ccc5c(c4F)C(=O)N(C4CCC(=O)NC4=O)C5=O)CC3)CC2)ccc1Nc1ncc(Cl)c(Nc2ccccc2P(C)(C)=O)n1. The number of para-hydroxylation sites is 1. The molecule has 18 heteroatoms. The normalized spacial score (nSPS) is 19.4. The van der Waals surface area contributed by atoms with Crippen LogP contribution in [0.4, 0.5) is 33.2 Å². The molecule has 0 saturated carbocycles. The predicted molar refractivity (Wildman–Crippen MR) is 227 cm³/mol. The van der Waals surface area contributed by atoms with Crippen molar-refractivity contribution in [2.45, 2.75) is 44.3 Å². The fourth-order valence-electron chi connectivity index (χ4n) is 8.50. The van der Waals surface area contributed by atoms with Gasteiger partial charge in [0.15, 0.2) is 5.82 Å². The summed E-state index contributed by atoms with van der Waals surface area (Å²) in [5, 5.41) is 9.65. The molecule has 8 rings (SSSR count). The Kier molecular flexibility index (Phi) is 11.7. The predicted octanol–water partition coefficient (Wildman–Crippen LogP) is 5.20. The zero-order valence-electron chi connectivity index (χ0n) is 33.5. The molecule has 0 radical (unpaired) electrons. The van der Waals surface area contributed by atoms with Crippen molar-refractivity contribution in [3.05, 3.63) is 88.3 Å². The van der Waals surface area contributed by atoms with Crippen molar-refractivity contribution in [3.63, 3.8) is 0 Å². The van der Waals surface area contributed by atoms with Crippen LogP contribution in [0.2, 0.25) is 5.02 Å². The number of hydrogen-bond donors (Lipinski definition) is 3. The highest BCUT2D eigenvalue weighted by atomic mass is 35.5. The number of piperidine rings is 2. The van der Waals surface area contributed by atoms with Crippen LogP contribution in [0.3, 0.4) is 0 Å². The maximum Gasteiger partial charge on any atom is 0.265 e. The van der Waals surface area contributed by atoms with E-state index in [4.69, 9.17) is 16.3 Å². The largest absolute Gasteiger partial charge is 0.494 e. The number of halogens is 2. The molecular weight excluding hydrogens is 812 g/mol. The van der Waals surface area contributed by atoms with E-state index in [0.717, 1.165) is 62.7 Å². The maximum absolute atomic E-state index is 15.9. The molecule has 5 heterocycles. The zero-order valence-corrected chi connectivity index (χ0v) is 35.2. The number of rotatable bonds is 11. The molecule has 0 spiro atoms. The van der Waals surface area contributed by atoms with Crippen LogP contribution in [0.5, 0.6) is 5.75 Å². The highest BCUT2D eigenvalue weighted by Gasteiger charge is 2.46. The number of ether oxygens (including phenoxy) is 1. The maximum atomic E-state index is 15.9. The van der Waals surface area contributed by atoms with Crippen LogP contribution in [-0.2, 0) is 20.7 Å². The first-order valence-electron chi connectivity index (χ1n) is 19.9. The summed E-state index contributed by atoms with van der Waals surface area (Å²) in [7, 11) is -0.952. The van der Waals surface area contributed by atoms with Gasteiger partial charge in [-0.1, -0.05) is 29.8 Å². The standard InChI is InChI=1S/C42H46ClFN9O6P/c1-59-33-22-27(9-11-30(33)47-42-45-23-29(43)38(49-42)46-31-6-4-5-7-34(31)60(2,3)58)52-20-18-51(19-21-52)26-14-16-50(17-15-26)24-25-8-10-28-36(37(25)44)41(57)53(40(28)56)32-12-13-35(54)48-39(32)55/h4-11,22-23,26,32H,12-21,24H2,1-3H3,(H,48,54,55)(H2,45,46,47,49). The minimum Gasteiger partial charge on any atom is -0.494 e. The fraction of sp³-hybridized carbons (Fsp3) is 0.381. The molecule has 60 heavy (non-hydrogen) atoms. The van der Waals surface area contributed by atoms with Gasteiger partial charge < -0.3 is 24.8 Å². The Morgan fingerprint density at radius 2 is 1.67 bits per heavy atom. The van der Waals surface area contributed by atoms with E-state index in [0.29, 0.717) is 57.4 Å². The molecule has 314 valence electrons. The van der Waals surface area contributed by atoms with Gasteiger partial charge in [0.05, 0.1) is 35.8 Å². The van der Waals surface area contributed by atoms with Gasteiger partial charge in [0.25, 0.3) is 11.8 Å². The van der Waals surface area contributed by atoms with Gasteiger partial charge in [-0.25, -0.2) is 9.37 Å². The molecule has 1 aromatic heterocycles. The second-order valence-electron chi connectivity index (χ2n) is 15.8. The van der Waals surface area contributed by atoms with Crippen LogP contribution in [0.25, 0.3) is 0 Å². The van der Waals surface area contributed by atoms with Gasteiger partial charge >= 0.3 is 0 Å². The fourth-order valence-corrected chi connectivity index (χ4v) is 9.80. The van der Waals surface area contributed by atoms with E-state index in [2.05, 4.69) is 40.6 Å². The monoisotopic (exact) mass is 857 g/mol. The van der Waals surface area contributed by atoms with Crippen LogP contribution in [0, 0.1) is 5.82 Å². The van der Waals surface area contributed by atoms with Gasteiger partial charge in [-0.15, -0.1) is 0 Å². The molecule has 4 aliphatic rings. The minimum absolute atomic E-state index is 0.00315. The molecule has 0 bridgehead atoms. The van der Waals surface area contributed by atoms with Gasteiger partial charge in [-0.3, -0.25) is 39.2 Å². The summed E-state index contributed by atoms with van der Waals surface area (Å²) in [4.78, 5) is 67.2. The summed E-state index contributed by atoms with van der Waals surface area (Å²) in [6.45, 7) is 8.67. The molecule has 3 N–H and O–H groups in total. The molecule has 4 aromatic rings. The van der Waals surface area contributed by atoms with E-state index in [1.54, 1.807) is 26.5 Å². The van der Waals surface area contributed by atoms with Gasteiger partial charge in [-0.05, 0) is 76.0 Å². The van der Waals surface area contributed by atoms with E-state index >= 15 is 4.39 Å². The summed E-state index contributed by atoms with van der Waals surface area (Å²) < 4.78 is 34.6. The zero-order chi connectivity index (χ0) is 42.3. The number of hydrogen-bond acceptors (Lipinski definition) is 13. The third-order valence-corrected chi connectivity index (χ3v) is 13.5. The van der Waals surface area contributed by atoms with Crippen LogP contribution in [0.15, 0.2) is 60.8 Å². The number of nitrogens with zero attached hydrogens (tertiary/aromatic N) is 6. The Balaban J connectivity index is 0.844. The number of methoxy groups -OCH3 is 1. The number of nitrogens with one attached hydrogen (secondary N) is 3. The molecular formula is C42H46ClFN9O6P. The Morgan fingerprint density at radius 1 is 0.917 bits per heavy atom. The first-order chi connectivity index (χ1) is 28.8. The minimum atomic E-state index is -2.57. The van der Waals surface area contributed by atoms with Crippen molar-refractivity contribution < 1.29 is 32.9 Å². The summed E-state index contributed by atoms with van der Waals surface area (Å²) in [6, 6.07) is 15.6. The average molecular weight is 858 g/mol. The van der Waals surface area contributed by atoms with Gasteiger partial charge in [0, 0.05) is 67.8 Å². The van der Waals surface area contributed by atoms with E-state index in [-0.39, 0.29) is 24.0 Å². The summed E-state index contributed by atoms with van der Waals surface area (Å²) in [6.07, 6.45) is 3.34. The number of aromatic nitrogens is 2. The number of imide groups is 2. The van der Waals surface area contributed by atoms with Gasteiger partial charge in [0.2, 0.25) is 17.8 Å². The first kappa shape index (κ1) is 41.3. The number of amides is 4. The molecule has 4 aliphatic heterocycles. The third-order valence-electron chi connectivity index (χ3n) is 11.7. The van der Waals surface area contributed by atoms with Crippen molar-refractivity contribution in [2.24, 2.45) is 0 Å². The van der Waals surface area contributed by atoms with Gasteiger partial charge in [-0.2, -0.15) is 4.98 Å². The second kappa shape index (κ2) is 16.9. The van der Waals surface area contributed by atoms with Crippen LogP contribution in [0.1, 0.15) is 52.0 Å². The Morgan fingerprint density at radius 3 is 2.38 bits per heavy atom. The number of benzene rings is 3. The summed E-state index contributed by atoms with van der Waals surface area (Å²) in [5.41, 5.74) is 2.34. The number of anilines is 5. The van der Waals surface area contributed by atoms with Gasteiger partial charge in [0.1, 0.15) is 29.8 Å². The summed E-state index contributed by atoms with van der Waals surface area (Å²) in [5.74, 6) is -2.17. The van der Waals surface area contributed by atoms with E-state index in [1.807, 2.05) is 42.5 Å². The van der Waals surface area contributed by atoms with Crippen LogP contribution in [-0.4, -0.2) is 120 Å². The highest BCUT2D eigenvalue weighted by Crippen LogP contribution is 2.39. The number of piperazine rings is 1. The topological polar surface area (TPSA) is 169 Å². The Bertz CT molecular complexity index is 2420. The molecule has 3 aromatic carbocycles. The first-order valence-corrected chi connectivity index (χ1v) is 22.9. The molecule has 1 unspecified atom stereocenters. The van der Waals surface area contributed by atoms with Crippen molar-refractivity contribution >= 4 is 76.5 Å². The lowest BCUT2D eigenvalue weighted by Crippen LogP contribution is -2.54. The molecule has 4 amide bonds. The third kappa shape index (κ3) is 8.33. The molecule has 15 nitrogen and oxygen atoms in total. The summed E-state index contributed by atoms with van der Waals surface area (Å²) >= 11 is 6.47. The van der Waals surface area contributed by atoms with Crippen molar-refractivity contribution in [1.82, 2.24) is 30.0 Å². The Hall–Kier alpha value is -5.41. The van der Waals surface area contributed by atoms with Crippen LogP contribution < -0.4 is 30.9 Å². The number of fused-ring (bicyclic) bond motifs is 1. The van der Waals surface area contributed by atoms with E-state index in [1.165, 1.54) is 12.3 Å². The lowest BCUT2D eigenvalue weighted by molar-refractivity contribution is -0.136. The van der Waals surface area contributed by atoms with E-state index in [9.17, 15) is 23.7 Å². The molecule has 3 saturated heterocycles. The second-order valence-corrected chi connectivity index (χ2v) is 19.4. The number of carbonyl (C=O) groups is 4. The lowest BCUT2D eigenvalue weighted by Gasteiger charge is -2.43. The lowest BCUT2D eigenvalue weighted by atomic mass is 10.00.